The third-order valence-corrected chi connectivity index (χ3v) is 3.58. The molecule has 2 aliphatic heterocycles. The van der Waals surface area contributed by atoms with Gasteiger partial charge in [0.15, 0.2) is 0 Å². The first kappa shape index (κ1) is 10.4. The van der Waals surface area contributed by atoms with Crippen molar-refractivity contribution in [3.05, 3.63) is 0 Å². The molecule has 0 aromatic rings. The van der Waals surface area contributed by atoms with Crippen molar-refractivity contribution in [3.8, 4) is 0 Å². The van der Waals surface area contributed by atoms with Crippen LogP contribution >= 0.6 is 0 Å². The minimum absolute atomic E-state index is 0.719. The van der Waals surface area contributed by atoms with Crippen LogP contribution < -0.4 is 11.1 Å². The molecule has 2 rings (SSSR count). The maximum Gasteiger partial charge on any atom is 0.00219 e. The van der Waals surface area contributed by atoms with Gasteiger partial charge in [-0.25, -0.2) is 0 Å². The second kappa shape index (κ2) is 5.10. The van der Waals surface area contributed by atoms with Gasteiger partial charge in [0.2, 0.25) is 0 Å². The summed E-state index contributed by atoms with van der Waals surface area (Å²) < 4.78 is 0. The third-order valence-electron chi connectivity index (χ3n) is 3.58. The van der Waals surface area contributed by atoms with Gasteiger partial charge < -0.3 is 16.0 Å². The number of likely N-dealkylation sites (tertiary alicyclic amines) is 1. The molecule has 0 saturated carbocycles. The molecule has 0 bridgehead atoms. The van der Waals surface area contributed by atoms with Crippen LogP contribution in [0.4, 0.5) is 0 Å². The largest absolute Gasteiger partial charge is 0.330 e. The van der Waals surface area contributed by atoms with Gasteiger partial charge >= 0.3 is 0 Å². The van der Waals surface area contributed by atoms with Crippen LogP contribution in [0.15, 0.2) is 0 Å². The van der Waals surface area contributed by atoms with Gasteiger partial charge in [0.1, 0.15) is 0 Å². The highest BCUT2D eigenvalue weighted by Gasteiger charge is 2.23. The maximum atomic E-state index is 5.72. The van der Waals surface area contributed by atoms with E-state index in [0.29, 0.717) is 0 Å². The van der Waals surface area contributed by atoms with Crippen molar-refractivity contribution in [1.82, 2.24) is 10.2 Å². The number of rotatable bonds is 3. The average molecular weight is 197 g/mol. The Bertz CT molecular complexity index is 166. The van der Waals surface area contributed by atoms with Gasteiger partial charge in [-0.15, -0.1) is 0 Å². The van der Waals surface area contributed by atoms with Crippen LogP contribution in [0.5, 0.6) is 0 Å². The summed E-state index contributed by atoms with van der Waals surface area (Å²) >= 11 is 0. The molecule has 3 N–H and O–H groups in total. The van der Waals surface area contributed by atoms with Crippen LogP contribution in [0.2, 0.25) is 0 Å². The van der Waals surface area contributed by atoms with E-state index in [1.807, 2.05) is 0 Å². The maximum absolute atomic E-state index is 5.72. The molecule has 0 aliphatic carbocycles. The Balaban J connectivity index is 1.73. The highest BCUT2D eigenvalue weighted by Crippen LogP contribution is 2.18. The summed E-state index contributed by atoms with van der Waals surface area (Å²) in [5.41, 5.74) is 5.72. The number of nitrogens with zero attached hydrogens (tertiary/aromatic N) is 1. The molecule has 0 radical (unpaired) electrons. The number of hydrogen-bond donors (Lipinski definition) is 2. The van der Waals surface area contributed by atoms with Gasteiger partial charge in [-0.05, 0) is 63.8 Å². The van der Waals surface area contributed by atoms with Crippen molar-refractivity contribution in [2.24, 2.45) is 17.6 Å². The number of nitrogens with two attached hydrogens (primary N) is 1. The molecule has 14 heavy (non-hydrogen) atoms. The predicted octanol–water partition coefficient (Wildman–Crippen LogP) is 0.267. The first-order valence-corrected chi connectivity index (χ1v) is 6.01. The van der Waals surface area contributed by atoms with Crippen molar-refractivity contribution in [2.45, 2.75) is 19.3 Å². The lowest BCUT2D eigenvalue weighted by Crippen LogP contribution is -2.43. The van der Waals surface area contributed by atoms with Crippen molar-refractivity contribution in [2.75, 3.05) is 39.3 Å². The molecule has 2 unspecified atom stereocenters. The Morgan fingerprint density at radius 2 is 1.86 bits per heavy atom. The molecule has 0 spiro atoms. The first-order chi connectivity index (χ1) is 6.88. The Morgan fingerprint density at radius 1 is 1.14 bits per heavy atom. The summed E-state index contributed by atoms with van der Waals surface area (Å²) in [7, 11) is 0. The van der Waals surface area contributed by atoms with Crippen LogP contribution in [0.1, 0.15) is 19.3 Å². The molecule has 2 heterocycles. The fraction of sp³-hybridized carbons (Fsp3) is 1.00. The van der Waals surface area contributed by atoms with Gasteiger partial charge in [0, 0.05) is 6.54 Å². The van der Waals surface area contributed by atoms with E-state index < -0.39 is 0 Å². The Labute approximate surface area is 87.0 Å². The lowest BCUT2D eigenvalue weighted by molar-refractivity contribution is 0.212. The molecule has 2 saturated heterocycles. The minimum atomic E-state index is 0.719. The number of nitrogens with one attached hydrogen (secondary N) is 1. The molecule has 2 fully saturated rings. The monoisotopic (exact) mass is 197 g/mol. The van der Waals surface area contributed by atoms with Crippen LogP contribution in [0.3, 0.4) is 0 Å². The summed E-state index contributed by atoms with van der Waals surface area (Å²) in [5, 5.41) is 3.50. The number of hydrogen-bond acceptors (Lipinski definition) is 3. The second-order valence-corrected chi connectivity index (χ2v) is 4.87. The summed E-state index contributed by atoms with van der Waals surface area (Å²) in [6.07, 6.45) is 4.14. The lowest BCUT2D eigenvalue weighted by Gasteiger charge is -2.31. The molecule has 2 aliphatic rings. The molecule has 3 heteroatoms. The molecule has 2 atom stereocenters. The lowest BCUT2D eigenvalue weighted by atomic mass is 9.90. The predicted molar refractivity (Wildman–Crippen MR) is 59.2 cm³/mol. The first-order valence-electron chi connectivity index (χ1n) is 6.01. The van der Waals surface area contributed by atoms with Gasteiger partial charge in [-0.2, -0.15) is 0 Å². The van der Waals surface area contributed by atoms with E-state index in [4.69, 9.17) is 5.73 Å². The minimum Gasteiger partial charge on any atom is -0.330 e. The van der Waals surface area contributed by atoms with Crippen molar-refractivity contribution in [3.63, 3.8) is 0 Å². The van der Waals surface area contributed by atoms with E-state index in [0.717, 1.165) is 24.9 Å². The Kier molecular flexibility index (Phi) is 3.79. The van der Waals surface area contributed by atoms with E-state index in [9.17, 15) is 0 Å². The van der Waals surface area contributed by atoms with E-state index in [1.165, 1.54) is 45.4 Å². The molecule has 0 aromatic heterocycles. The van der Waals surface area contributed by atoms with E-state index in [-0.39, 0.29) is 0 Å². The van der Waals surface area contributed by atoms with Crippen LogP contribution in [0.25, 0.3) is 0 Å². The summed E-state index contributed by atoms with van der Waals surface area (Å²) in [6.45, 7) is 7.13. The molecule has 82 valence electrons. The van der Waals surface area contributed by atoms with Crippen molar-refractivity contribution < 1.29 is 0 Å². The van der Waals surface area contributed by atoms with Gasteiger partial charge in [0.05, 0.1) is 0 Å². The molecule has 3 nitrogen and oxygen atoms in total. The van der Waals surface area contributed by atoms with Gasteiger partial charge in [-0.1, -0.05) is 0 Å². The van der Waals surface area contributed by atoms with Crippen LogP contribution in [0, 0.1) is 11.8 Å². The topological polar surface area (TPSA) is 41.3 Å². The fourth-order valence-electron chi connectivity index (χ4n) is 2.78. The molecular weight excluding hydrogens is 174 g/mol. The zero-order valence-corrected chi connectivity index (χ0v) is 9.04. The van der Waals surface area contributed by atoms with Gasteiger partial charge in [0.25, 0.3) is 0 Å². The quantitative estimate of drug-likeness (QED) is 0.682. The highest BCUT2D eigenvalue weighted by molar-refractivity contribution is 4.80. The smallest absolute Gasteiger partial charge is 0.00219 e. The fourth-order valence-corrected chi connectivity index (χ4v) is 2.78. The Hall–Kier alpha value is -0.120. The summed E-state index contributed by atoms with van der Waals surface area (Å²) in [6, 6.07) is 0. The standard InChI is InChI=1S/C11H23N3/c12-6-10-5-11(8-13-7-10)9-14-3-1-2-4-14/h10-11,13H,1-9,12H2. The Morgan fingerprint density at radius 3 is 2.57 bits per heavy atom. The van der Waals surface area contributed by atoms with Crippen molar-refractivity contribution in [1.29, 1.82) is 0 Å². The van der Waals surface area contributed by atoms with E-state index >= 15 is 0 Å². The normalized spacial score (nSPS) is 34.9. The highest BCUT2D eigenvalue weighted by atomic mass is 15.1. The van der Waals surface area contributed by atoms with Crippen LogP contribution in [-0.2, 0) is 0 Å². The van der Waals surface area contributed by atoms with Gasteiger partial charge in [-0.3, -0.25) is 0 Å². The second-order valence-electron chi connectivity index (χ2n) is 4.87. The molecule has 0 amide bonds. The average Bonchev–Trinajstić information content (AvgIpc) is 2.71. The zero-order valence-electron chi connectivity index (χ0n) is 9.04. The van der Waals surface area contributed by atoms with Crippen molar-refractivity contribution >= 4 is 0 Å². The zero-order chi connectivity index (χ0) is 9.80. The summed E-state index contributed by atoms with van der Waals surface area (Å²) in [5.74, 6) is 1.56. The third kappa shape index (κ3) is 2.69. The molecule has 0 aromatic carbocycles. The van der Waals surface area contributed by atoms with Crippen LogP contribution in [-0.4, -0.2) is 44.2 Å². The summed E-state index contributed by atoms with van der Waals surface area (Å²) in [4.78, 5) is 2.62. The SMILES string of the molecule is NCC1CNCC(CN2CCCC2)C1. The van der Waals surface area contributed by atoms with E-state index in [2.05, 4.69) is 10.2 Å². The number of piperidine rings is 1. The van der Waals surface area contributed by atoms with E-state index in [1.54, 1.807) is 0 Å². The molecular formula is C11H23N3.